The van der Waals surface area contributed by atoms with Gasteiger partial charge < -0.3 is 14.8 Å². The Bertz CT molecular complexity index is 423. The maximum absolute atomic E-state index is 11.7. The van der Waals surface area contributed by atoms with Gasteiger partial charge in [0.1, 0.15) is 11.6 Å². The number of carbonyl (C=O) groups excluding carboxylic acids is 3. The minimum Gasteiger partial charge on any atom is -0.467 e. The van der Waals surface area contributed by atoms with Crippen molar-refractivity contribution >= 4 is 17.8 Å². The van der Waals surface area contributed by atoms with Gasteiger partial charge in [-0.25, -0.2) is 9.59 Å². The molecular weight excluding hydrogens is 298 g/mol. The zero-order chi connectivity index (χ0) is 17.9. The lowest BCUT2D eigenvalue weighted by molar-refractivity contribution is -0.143. The number of allylic oxidation sites excluding steroid dienone is 2. The Labute approximate surface area is 138 Å². The highest BCUT2D eigenvalue weighted by atomic mass is 16.6. The van der Waals surface area contributed by atoms with Gasteiger partial charge >= 0.3 is 12.1 Å². The Morgan fingerprint density at radius 3 is 2.30 bits per heavy atom. The third kappa shape index (κ3) is 12.4. The van der Waals surface area contributed by atoms with Crippen LogP contribution in [-0.2, 0) is 19.1 Å². The Morgan fingerprint density at radius 2 is 1.78 bits per heavy atom. The van der Waals surface area contributed by atoms with Gasteiger partial charge in [-0.15, -0.1) is 0 Å². The molecule has 0 fully saturated rings. The van der Waals surface area contributed by atoms with Crippen molar-refractivity contribution in [2.24, 2.45) is 0 Å². The van der Waals surface area contributed by atoms with E-state index in [1.54, 1.807) is 26.8 Å². The molecule has 1 N–H and O–H groups in total. The summed E-state index contributed by atoms with van der Waals surface area (Å²) in [4.78, 5) is 34.2. The van der Waals surface area contributed by atoms with E-state index in [1.165, 1.54) is 14.0 Å². The number of ketones is 1. The lowest BCUT2D eigenvalue weighted by Gasteiger charge is -2.22. The van der Waals surface area contributed by atoms with Gasteiger partial charge in [-0.05, 0) is 53.0 Å². The molecule has 0 aliphatic carbocycles. The number of methoxy groups -OCH3 is 1. The number of ether oxygens (including phenoxy) is 2. The van der Waals surface area contributed by atoms with Crippen LogP contribution in [0.25, 0.3) is 0 Å². The quantitative estimate of drug-likeness (QED) is 0.400. The van der Waals surface area contributed by atoms with Crippen molar-refractivity contribution in [3.05, 3.63) is 12.2 Å². The average Bonchev–Trinajstić information content (AvgIpc) is 2.41. The zero-order valence-corrected chi connectivity index (χ0v) is 14.8. The molecule has 6 heteroatoms. The second-order valence-electron chi connectivity index (χ2n) is 6.37. The highest BCUT2D eigenvalue weighted by Gasteiger charge is 2.24. The number of carbonyl (C=O) groups is 3. The van der Waals surface area contributed by atoms with Gasteiger partial charge in [0.05, 0.1) is 7.11 Å². The third-order valence-corrected chi connectivity index (χ3v) is 2.89. The van der Waals surface area contributed by atoms with E-state index in [-0.39, 0.29) is 5.78 Å². The molecule has 0 aromatic carbocycles. The molecule has 0 unspecified atom stereocenters. The van der Waals surface area contributed by atoms with Crippen molar-refractivity contribution in [1.82, 2.24) is 5.32 Å². The van der Waals surface area contributed by atoms with E-state index in [4.69, 9.17) is 9.47 Å². The summed E-state index contributed by atoms with van der Waals surface area (Å²) < 4.78 is 9.85. The smallest absolute Gasteiger partial charge is 0.408 e. The Morgan fingerprint density at radius 1 is 1.13 bits per heavy atom. The first-order valence-electron chi connectivity index (χ1n) is 7.90. The summed E-state index contributed by atoms with van der Waals surface area (Å²) in [5.41, 5.74) is -0.617. The minimum absolute atomic E-state index is 0.0392. The molecule has 6 nitrogen and oxygen atoms in total. The largest absolute Gasteiger partial charge is 0.467 e. The van der Waals surface area contributed by atoms with Crippen LogP contribution in [-0.4, -0.2) is 36.6 Å². The molecule has 1 amide bonds. The topological polar surface area (TPSA) is 81.7 Å². The first-order chi connectivity index (χ1) is 10.7. The van der Waals surface area contributed by atoms with Gasteiger partial charge in [0, 0.05) is 0 Å². The number of nitrogens with one attached hydrogen (secondary N) is 1. The molecule has 0 heterocycles. The first kappa shape index (κ1) is 21.1. The van der Waals surface area contributed by atoms with Crippen molar-refractivity contribution in [2.45, 2.75) is 71.4 Å². The summed E-state index contributed by atoms with van der Waals surface area (Å²) in [7, 11) is 1.29. The molecule has 1 atom stereocenters. The van der Waals surface area contributed by atoms with E-state index in [2.05, 4.69) is 5.32 Å². The lowest BCUT2D eigenvalue weighted by Crippen LogP contribution is -2.44. The predicted octanol–water partition coefficient (Wildman–Crippen LogP) is 3.15. The predicted molar refractivity (Wildman–Crippen MR) is 88.1 cm³/mol. The highest BCUT2D eigenvalue weighted by Crippen LogP contribution is 2.10. The third-order valence-electron chi connectivity index (χ3n) is 2.89. The van der Waals surface area contributed by atoms with E-state index >= 15 is 0 Å². The van der Waals surface area contributed by atoms with Crippen LogP contribution >= 0.6 is 0 Å². The van der Waals surface area contributed by atoms with Crippen LogP contribution < -0.4 is 5.32 Å². The van der Waals surface area contributed by atoms with Gasteiger partial charge in [0.25, 0.3) is 0 Å². The summed E-state index contributed by atoms with van der Waals surface area (Å²) in [6.45, 7) is 6.79. The normalized spacial score (nSPS) is 12.7. The monoisotopic (exact) mass is 327 g/mol. The van der Waals surface area contributed by atoms with E-state index in [0.29, 0.717) is 6.42 Å². The summed E-state index contributed by atoms with van der Waals surface area (Å²) in [6.07, 6.45) is 6.67. The number of rotatable bonds is 9. The lowest BCUT2D eigenvalue weighted by atomic mass is 10.1. The van der Waals surface area contributed by atoms with Crippen LogP contribution in [0.2, 0.25) is 0 Å². The van der Waals surface area contributed by atoms with Crippen LogP contribution in [0.3, 0.4) is 0 Å². The fourth-order valence-corrected chi connectivity index (χ4v) is 1.88. The van der Waals surface area contributed by atoms with Gasteiger partial charge in [-0.3, -0.25) is 4.79 Å². The molecule has 132 valence electrons. The molecule has 0 aromatic heterocycles. The van der Waals surface area contributed by atoms with Crippen molar-refractivity contribution in [1.29, 1.82) is 0 Å². The minimum atomic E-state index is -0.706. The summed E-state index contributed by atoms with van der Waals surface area (Å²) >= 11 is 0. The summed E-state index contributed by atoms with van der Waals surface area (Å²) in [5, 5.41) is 2.55. The standard InChI is InChI=1S/C17H29NO5/c1-13(19)11-9-7-6-8-10-12-14(15(20)22-5)18-16(21)23-17(2,3)4/h9,11,14H,6-8,10,12H2,1-5H3,(H,18,21)/b11-9+/t14-/m0/s1. The van der Waals surface area contributed by atoms with E-state index in [9.17, 15) is 14.4 Å². The summed E-state index contributed by atoms with van der Waals surface area (Å²) in [5.74, 6) is -0.440. The second kappa shape index (κ2) is 10.8. The number of hydrogen-bond donors (Lipinski definition) is 1. The van der Waals surface area contributed by atoms with Crippen LogP contribution in [0.5, 0.6) is 0 Å². The van der Waals surface area contributed by atoms with E-state index < -0.39 is 23.7 Å². The SMILES string of the molecule is COC(=O)[C@H](CCCCC/C=C/C(C)=O)NC(=O)OC(C)(C)C. The van der Waals surface area contributed by atoms with Gasteiger partial charge in [0.2, 0.25) is 0 Å². The molecule has 0 rings (SSSR count). The molecule has 23 heavy (non-hydrogen) atoms. The number of amides is 1. The second-order valence-corrected chi connectivity index (χ2v) is 6.37. The number of esters is 1. The highest BCUT2D eigenvalue weighted by molar-refractivity contribution is 5.87. The fraction of sp³-hybridized carbons (Fsp3) is 0.706. The maximum atomic E-state index is 11.7. The Balaban J connectivity index is 4.19. The van der Waals surface area contributed by atoms with Crippen molar-refractivity contribution in [3.63, 3.8) is 0 Å². The van der Waals surface area contributed by atoms with E-state index in [1.807, 2.05) is 6.08 Å². The molecular formula is C17H29NO5. The van der Waals surface area contributed by atoms with Crippen molar-refractivity contribution in [2.75, 3.05) is 7.11 Å². The zero-order valence-electron chi connectivity index (χ0n) is 14.8. The molecule has 0 saturated heterocycles. The van der Waals surface area contributed by atoms with Gasteiger partial charge in [-0.1, -0.05) is 18.9 Å². The molecule has 0 saturated carbocycles. The molecule has 0 radical (unpaired) electrons. The molecule has 0 aliphatic rings. The number of hydrogen-bond acceptors (Lipinski definition) is 5. The maximum Gasteiger partial charge on any atom is 0.408 e. The van der Waals surface area contributed by atoms with Gasteiger partial charge in [0.15, 0.2) is 5.78 Å². The number of unbranched alkanes of at least 4 members (excludes halogenated alkanes) is 3. The van der Waals surface area contributed by atoms with Crippen LogP contribution in [0.4, 0.5) is 4.79 Å². The summed E-state index contributed by atoms with van der Waals surface area (Å²) in [6, 6.07) is -0.706. The fourth-order valence-electron chi connectivity index (χ4n) is 1.88. The first-order valence-corrected chi connectivity index (χ1v) is 7.90. The van der Waals surface area contributed by atoms with Gasteiger partial charge in [-0.2, -0.15) is 0 Å². The van der Waals surface area contributed by atoms with Crippen LogP contribution in [0, 0.1) is 0 Å². The Kier molecular flexibility index (Phi) is 9.94. The van der Waals surface area contributed by atoms with Crippen molar-refractivity contribution in [3.8, 4) is 0 Å². The molecule has 0 aliphatic heterocycles. The molecule has 0 aromatic rings. The van der Waals surface area contributed by atoms with Crippen molar-refractivity contribution < 1.29 is 23.9 Å². The number of alkyl carbamates (subject to hydrolysis) is 1. The van der Waals surface area contributed by atoms with Crippen LogP contribution in [0.15, 0.2) is 12.2 Å². The average molecular weight is 327 g/mol. The van der Waals surface area contributed by atoms with E-state index in [0.717, 1.165) is 25.7 Å². The Hall–Kier alpha value is -1.85. The van der Waals surface area contributed by atoms with Crippen LogP contribution in [0.1, 0.15) is 59.8 Å². The molecule has 0 spiro atoms. The molecule has 0 bridgehead atoms.